The second-order valence-electron chi connectivity index (χ2n) is 5.02. The van der Waals surface area contributed by atoms with E-state index >= 15 is 0 Å². The highest BCUT2D eigenvalue weighted by Crippen LogP contribution is 2.24. The molecule has 3 nitrogen and oxygen atoms in total. The van der Waals surface area contributed by atoms with Gasteiger partial charge in [0, 0.05) is 6.04 Å². The highest BCUT2D eigenvalue weighted by Gasteiger charge is 2.33. The average molecular weight is 319 g/mol. The Hall–Kier alpha value is -1.01. The van der Waals surface area contributed by atoms with Crippen LogP contribution < -0.4 is 5.32 Å². The molecule has 0 aliphatic rings. The van der Waals surface area contributed by atoms with E-state index in [9.17, 15) is 17.2 Å². The first-order valence-electron chi connectivity index (χ1n) is 7.30. The highest BCUT2D eigenvalue weighted by atomic mass is 32.2. The van der Waals surface area contributed by atoms with Crippen molar-refractivity contribution in [3.05, 3.63) is 29.8 Å². The van der Waals surface area contributed by atoms with Gasteiger partial charge in [0.25, 0.3) is 0 Å². The van der Waals surface area contributed by atoms with Gasteiger partial charge in [-0.05, 0) is 37.6 Å². The van der Waals surface area contributed by atoms with Crippen LogP contribution in [0.3, 0.4) is 0 Å². The van der Waals surface area contributed by atoms with Crippen LogP contribution >= 0.6 is 0 Å². The molecule has 0 bridgehead atoms. The largest absolute Gasteiger partial charge is 0.313 e. The van der Waals surface area contributed by atoms with Crippen LogP contribution in [-0.4, -0.2) is 26.3 Å². The van der Waals surface area contributed by atoms with E-state index in [-0.39, 0.29) is 10.9 Å². The van der Waals surface area contributed by atoms with Gasteiger partial charge in [-0.1, -0.05) is 27.2 Å². The minimum Gasteiger partial charge on any atom is -0.313 e. The van der Waals surface area contributed by atoms with Gasteiger partial charge < -0.3 is 5.32 Å². The summed E-state index contributed by atoms with van der Waals surface area (Å²) in [6.07, 6.45) is 1.98. The number of benzene rings is 1. The molecule has 21 heavy (non-hydrogen) atoms. The Balaban J connectivity index is 3.19. The molecule has 0 saturated carbocycles. The summed E-state index contributed by atoms with van der Waals surface area (Å²) in [4.78, 5) is -0.160. The maximum Gasteiger partial charge on any atom is 0.182 e. The number of hydrogen-bond acceptors (Lipinski definition) is 3. The van der Waals surface area contributed by atoms with Gasteiger partial charge >= 0.3 is 0 Å². The summed E-state index contributed by atoms with van der Waals surface area (Å²) < 4.78 is 51.7. The standard InChI is InChI=1S/C15H23F2NO2S/c1-4-7-14(18-6-3)15(5-2)21(19,20)11-8-9-12(16)13(17)10-11/h8-10,14-15,18H,4-7H2,1-3H3. The van der Waals surface area contributed by atoms with E-state index in [0.717, 1.165) is 31.0 Å². The monoisotopic (exact) mass is 319 g/mol. The van der Waals surface area contributed by atoms with Gasteiger partial charge in [-0.2, -0.15) is 0 Å². The molecule has 2 atom stereocenters. The molecule has 0 amide bonds. The minimum absolute atomic E-state index is 0.160. The van der Waals surface area contributed by atoms with Crippen LogP contribution in [0.15, 0.2) is 23.1 Å². The van der Waals surface area contributed by atoms with Crippen molar-refractivity contribution >= 4 is 9.84 Å². The zero-order valence-electron chi connectivity index (χ0n) is 12.7. The molecule has 6 heteroatoms. The Morgan fingerprint density at radius 3 is 2.29 bits per heavy atom. The highest BCUT2D eigenvalue weighted by molar-refractivity contribution is 7.92. The lowest BCUT2D eigenvalue weighted by atomic mass is 10.1. The fraction of sp³-hybridized carbons (Fsp3) is 0.600. The second kappa shape index (κ2) is 7.84. The topological polar surface area (TPSA) is 46.2 Å². The lowest BCUT2D eigenvalue weighted by Gasteiger charge is -2.26. The molecule has 1 rings (SSSR count). The van der Waals surface area contributed by atoms with E-state index < -0.39 is 26.7 Å². The Morgan fingerprint density at radius 1 is 1.14 bits per heavy atom. The molecular weight excluding hydrogens is 296 g/mol. The molecule has 0 aliphatic heterocycles. The summed E-state index contributed by atoms with van der Waals surface area (Å²) in [6, 6.07) is 2.56. The molecule has 120 valence electrons. The van der Waals surface area contributed by atoms with Crippen LogP contribution in [0, 0.1) is 11.6 Å². The van der Waals surface area contributed by atoms with E-state index in [4.69, 9.17) is 0 Å². The molecule has 0 spiro atoms. The lowest BCUT2D eigenvalue weighted by Crippen LogP contribution is -2.43. The molecule has 0 aromatic heterocycles. The molecule has 0 saturated heterocycles. The van der Waals surface area contributed by atoms with Crippen LogP contribution in [0.2, 0.25) is 0 Å². The predicted molar refractivity (Wildman–Crippen MR) is 80.0 cm³/mol. The first-order chi connectivity index (χ1) is 9.88. The molecular formula is C15H23F2NO2S. The summed E-state index contributed by atoms with van der Waals surface area (Å²) in [5.74, 6) is -2.18. The Labute approximate surface area is 125 Å². The van der Waals surface area contributed by atoms with Gasteiger partial charge in [0.05, 0.1) is 10.1 Å². The maximum absolute atomic E-state index is 13.3. The second-order valence-corrected chi connectivity index (χ2v) is 7.19. The van der Waals surface area contributed by atoms with Gasteiger partial charge in [-0.25, -0.2) is 17.2 Å². The fourth-order valence-electron chi connectivity index (χ4n) is 2.54. The van der Waals surface area contributed by atoms with E-state index in [1.54, 1.807) is 6.92 Å². The van der Waals surface area contributed by atoms with Gasteiger partial charge in [-0.15, -0.1) is 0 Å². The Morgan fingerprint density at radius 2 is 1.81 bits per heavy atom. The van der Waals surface area contributed by atoms with Gasteiger partial charge in [0.2, 0.25) is 0 Å². The van der Waals surface area contributed by atoms with Crippen molar-refractivity contribution in [2.24, 2.45) is 0 Å². The third-order valence-electron chi connectivity index (χ3n) is 3.54. The van der Waals surface area contributed by atoms with Gasteiger partial charge in [0.15, 0.2) is 21.5 Å². The van der Waals surface area contributed by atoms with Crippen LogP contribution in [0.1, 0.15) is 40.0 Å². The van der Waals surface area contributed by atoms with E-state index in [2.05, 4.69) is 5.32 Å². The van der Waals surface area contributed by atoms with E-state index in [1.165, 1.54) is 0 Å². The van der Waals surface area contributed by atoms with Crippen LogP contribution in [0.5, 0.6) is 0 Å². The maximum atomic E-state index is 13.3. The van der Waals surface area contributed by atoms with Crippen LogP contribution in [0.4, 0.5) is 8.78 Å². The zero-order chi connectivity index (χ0) is 16.0. The number of rotatable bonds is 8. The SMILES string of the molecule is CCCC(NCC)C(CC)S(=O)(=O)c1ccc(F)c(F)c1. The van der Waals surface area contributed by atoms with Gasteiger partial charge in [0.1, 0.15) is 0 Å². The fourth-order valence-corrected chi connectivity index (χ4v) is 4.52. The zero-order valence-corrected chi connectivity index (χ0v) is 13.5. The first-order valence-corrected chi connectivity index (χ1v) is 8.85. The summed E-state index contributed by atoms with van der Waals surface area (Å²) >= 11 is 0. The third kappa shape index (κ3) is 4.23. The minimum atomic E-state index is -3.70. The van der Waals surface area contributed by atoms with Crippen molar-refractivity contribution in [3.63, 3.8) is 0 Å². The number of hydrogen-bond donors (Lipinski definition) is 1. The first kappa shape index (κ1) is 18.0. The molecule has 1 aromatic carbocycles. The average Bonchev–Trinajstić information content (AvgIpc) is 2.42. The third-order valence-corrected chi connectivity index (χ3v) is 5.91. The van der Waals surface area contributed by atoms with Crippen molar-refractivity contribution in [2.45, 2.75) is 56.2 Å². The number of nitrogens with one attached hydrogen (secondary N) is 1. The van der Waals surface area contributed by atoms with E-state index in [1.807, 2.05) is 13.8 Å². The van der Waals surface area contributed by atoms with Crippen LogP contribution in [-0.2, 0) is 9.84 Å². The molecule has 0 aliphatic carbocycles. The molecule has 1 N–H and O–H groups in total. The number of halogens is 2. The molecule has 0 fully saturated rings. The van der Waals surface area contributed by atoms with Crippen molar-refractivity contribution in [1.29, 1.82) is 0 Å². The van der Waals surface area contributed by atoms with Crippen LogP contribution in [0.25, 0.3) is 0 Å². The van der Waals surface area contributed by atoms with Crippen molar-refractivity contribution < 1.29 is 17.2 Å². The summed E-state index contributed by atoms with van der Waals surface area (Å²) in [5.41, 5.74) is 0. The summed E-state index contributed by atoms with van der Waals surface area (Å²) in [6.45, 7) is 6.36. The Bertz CT molecular complexity index is 555. The van der Waals surface area contributed by atoms with Crippen molar-refractivity contribution in [3.8, 4) is 0 Å². The summed E-state index contributed by atoms with van der Waals surface area (Å²) in [5, 5.41) is 2.54. The van der Waals surface area contributed by atoms with Crippen molar-refractivity contribution in [2.75, 3.05) is 6.54 Å². The molecule has 1 aromatic rings. The molecule has 0 heterocycles. The quantitative estimate of drug-likeness (QED) is 0.748. The predicted octanol–water partition coefficient (Wildman–Crippen LogP) is 3.30. The summed E-state index contributed by atoms with van der Waals surface area (Å²) in [7, 11) is -3.70. The Kier molecular flexibility index (Phi) is 6.74. The normalized spacial score (nSPS) is 14.9. The number of sulfone groups is 1. The molecule has 2 unspecified atom stereocenters. The smallest absolute Gasteiger partial charge is 0.182 e. The van der Waals surface area contributed by atoms with Gasteiger partial charge in [-0.3, -0.25) is 0 Å². The van der Waals surface area contributed by atoms with Crippen molar-refractivity contribution in [1.82, 2.24) is 5.32 Å². The molecule has 0 radical (unpaired) electrons. The van der Waals surface area contributed by atoms with E-state index in [0.29, 0.717) is 13.0 Å². The lowest BCUT2D eigenvalue weighted by molar-refractivity contribution is 0.444.